The fraction of sp³-hybridized carbons (Fsp3) is 0.300. The fourth-order valence-electron chi connectivity index (χ4n) is 2.92. The lowest BCUT2D eigenvalue weighted by atomic mass is 10.2. The number of rotatable bonds is 7. The zero-order chi connectivity index (χ0) is 21.7. The van der Waals surface area contributed by atoms with Crippen LogP contribution in [0, 0.1) is 0 Å². The average molecular weight is 468 g/mol. The SMILES string of the molecule is CCc1ccc(S(=O)(=O)C2CNC(SCC(=O)Nc3ccccc3Cl)NC2=O)cc1. The molecule has 1 saturated heterocycles. The normalized spacial score (nSPS) is 19.2. The maximum Gasteiger partial charge on any atom is 0.241 e. The van der Waals surface area contributed by atoms with Gasteiger partial charge in [0.25, 0.3) is 0 Å². The van der Waals surface area contributed by atoms with Crippen molar-refractivity contribution in [2.75, 3.05) is 17.6 Å². The van der Waals surface area contributed by atoms with E-state index in [0.29, 0.717) is 10.7 Å². The summed E-state index contributed by atoms with van der Waals surface area (Å²) in [7, 11) is -3.81. The van der Waals surface area contributed by atoms with Gasteiger partial charge in [-0.15, -0.1) is 11.8 Å². The molecule has 160 valence electrons. The molecule has 3 rings (SSSR count). The molecule has 1 fully saturated rings. The maximum atomic E-state index is 12.8. The van der Waals surface area contributed by atoms with Crippen LogP contribution in [0.3, 0.4) is 0 Å². The van der Waals surface area contributed by atoms with Crippen molar-refractivity contribution in [3.05, 3.63) is 59.1 Å². The number of anilines is 1. The number of halogens is 1. The molecular weight excluding hydrogens is 446 g/mol. The van der Waals surface area contributed by atoms with Crippen LogP contribution in [0.5, 0.6) is 0 Å². The monoisotopic (exact) mass is 467 g/mol. The molecule has 0 spiro atoms. The van der Waals surface area contributed by atoms with Crippen LogP contribution in [0.15, 0.2) is 53.4 Å². The molecule has 1 aliphatic rings. The molecule has 0 aliphatic carbocycles. The number of amides is 2. The summed E-state index contributed by atoms with van der Waals surface area (Å²) in [6.45, 7) is 1.95. The second-order valence-electron chi connectivity index (χ2n) is 6.67. The van der Waals surface area contributed by atoms with Gasteiger partial charge in [-0.1, -0.05) is 42.8 Å². The number of sulfone groups is 1. The van der Waals surface area contributed by atoms with Crippen molar-refractivity contribution >= 4 is 50.7 Å². The molecule has 10 heteroatoms. The highest BCUT2D eigenvalue weighted by atomic mass is 35.5. The molecule has 2 atom stereocenters. The summed E-state index contributed by atoms with van der Waals surface area (Å²) in [5.41, 5.74) is 0.959. The van der Waals surface area contributed by atoms with Crippen LogP contribution in [-0.4, -0.2) is 43.3 Å². The number of hydrogen-bond donors (Lipinski definition) is 3. The Bertz CT molecular complexity index is 1030. The number of hydrogen-bond acceptors (Lipinski definition) is 6. The number of aryl methyl sites for hydroxylation is 1. The molecule has 0 radical (unpaired) electrons. The number of carbonyl (C=O) groups excluding carboxylic acids is 2. The van der Waals surface area contributed by atoms with E-state index in [9.17, 15) is 18.0 Å². The van der Waals surface area contributed by atoms with E-state index in [1.54, 1.807) is 36.4 Å². The van der Waals surface area contributed by atoms with Gasteiger partial charge in [-0.2, -0.15) is 0 Å². The lowest BCUT2D eigenvalue weighted by Gasteiger charge is -2.29. The molecule has 1 heterocycles. The third-order valence-electron chi connectivity index (χ3n) is 4.62. The third-order valence-corrected chi connectivity index (χ3v) is 8.05. The summed E-state index contributed by atoms with van der Waals surface area (Å²) in [6, 6.07) is 13.4. The van der Waals surface area contributed by atoms with Gasteiger partial charge < -0.3 is 10.6 Å². The first kappa shape index (κ1) is 22.6. The minimum absolute atomic E-state index is 0.0342. The lowest BCUT2D eigenvalue weighted by molar-refractivity contribution is -0.122. The van der Waals surface area contributed by atoms with Gasteiger partial charge in [-0.3, -0.25) is 14.9 Å². The Kier molecular flexibility index (Phi) is 7.41. The van der Waals surface area contributed by atoms with Gasteiger partial charge in [0.15, 0.2) is 15.1 Å². The number of carbonyl (C=O) groups is 2. The highest BCUT2D eigenvalue weighted by Gasteiger charge is 2.38. The van der Waals surface area contributed by atoms with E-state index >= 15 is 0 Å². The summed E-state index contributed by atoms with van der Waals surface area (Å²) in [4.78, 5) is 24.7. The van der Waals surface area contributed by atoms with Gasteiger partial charge in [-0.05, 0) is 36.2 Å². The van der Waals surface area contributed by atoms with Crippen LogP contribution in [-0.2, 0) is 25.8 Å². The van der Waals surface area contributed by atoms with E-state index in [1.807, 2.05) is 6.92 Å². The van der Waals surface area contributed by atoms with Crippen LogP contribution in [0.2, 0.25) is 5.02 Å². The van der Waals surface area contributed by atoms with Crippen molar-refractivity contribution in [3.63, 3.8) is 0 Å². The van der Waals surface area contributed by atoms with Gasteiger partial charge in [0.1, 0.15) is 5.50 Å². The molecule has 3 N–H and O–H groups in total. The van der Waals surface area contributed by atoms with Crippen LogP contribution in [0.1, 0.15) is 12.5 Å². The van der Waals surface area contributed by atoms with Crippen molar-refractivity contribution < 1.29 is 18.0 Å². The van der Waals surface area contributed by atoms with Crippen molar-refractivity contribution in [2.45, 2.75) is 29.0 Å². The van der Waals surface area contributed by atoms with Crippen LogP contribution in [0.25, 0.3) is 0 Å². The Morgan fingerprint density at radius 1 is 1.20 bits per heavy atom. The van der Waals surface area contributed by atoms with Gasteiger partial charge in [0.2, 0.25) is 11.8 Å². The van der Waals surface area contributed by atoms with Crippen molar-refractivity contribution in [2.24, 2.45) is 0 Å². The van der Waals surface area contributed by atoms with Crippen LogP contribution >= 0.6 is 23.4 Å². The predicted molar refractivity (Wildman–Crippen MR) is 119 cm³/mol. The first-order chi connectivity index (χ1) is 14.3. The zero-order valence-electron chi connectivity index (χ0n) is 16.2. The second-order valence-corrected chi connectivity index (χ2v) is 10.3. The first-order valence-corrected chi connectivity index (χ1v) is 12.3. The molecule has 0 bridgehead atoms. The van der Waals surface area contributed by atoms with Crippen LogP contribution in [0.4, 0.5) is 5.69 Å². The smallest absolute Gasteiger partial charge is 0.241 e. The molecule has 30 heavy (non-hydrogen) atoms. The van der Waals surface area contributed by atoms with E-state index in [4.69, 9.17) is 11.6 Å². The maximum absolute atomic E-state index is 12.8. The van der Waals surface area contributed by atoms with Gasteiger partial charge in [0, 0.05) is 6.54 Å². The van der Waals surface area contributed by atoms with E-state index in [-0.39, 0.29) is 23.1 Å². The Hall–Kier alpha value is -2.07. The fourth-order valence-corrected chi connectivity index (χ4v) is 5.41. The highest BCUT2D eigenvalue weighted by Crippen LogP contribution is 2.22. The minimum Gasteiger partial charge on any atom is -0.331 e. The molecule has 0 saturated carbocycles. The number of para-hydroxylation sites is 1. The Labute approximate surface area is 184 Å². The van der Waals surface area contributed by atoms with Crippen molar-refractivity contribution in [1.82, 2.24) is 10.6 Å². The number of benzene rings is 2. The molecule has 2 unspecified atom stereocenters. The number of thioether (sulfide) groups is 1. The number of nitrogens with one attached hydrogen (secondary N) is 3. The van der Waals surface area contributed by atoms with Gasteiger partial charge in [0.05, 0.1) is 21.4 Å². The van der Waals surface area contributed by atoms with Gasteiger partial charge >= 0.3 is 0 Å². The van der Waals surface area contributed by atoms with Crippen molar-refractivity contribution in [1.29, 1.82) is 0 Å². The minimum atomic E-state index is -3.81. The Morgan fingerprint density at radius 2 is 1.90 bits per heavy atom. The largest absolute Gasteiger partial charge is 0.331 e. The molecule has 7 nitrogen and oxygen atoms in total. The molecule has 2 amide bonds. The highest BCUT2D eigenvalue weighted by molar-refractivity contribution is 8.00. The summed E-state index contributed by atoms with van der Waals surface area (Å²) in [5, 5.41) is 7.50. The van der Waals surface area contributed by atoms with Crippen LogP contribution < -0.4 is 16.0 Å². The third kappa shape index (κ3) is 5.34. The summed E-state index contributed by atoms with van der Waals surface area (Å²) >= 11 is 7.17. The molecular formula is C20H22ClN3O4S2. The quantitative estimate of drug-likeness (QED) is 0.577. The van der Waals surface area contributed by atoms with E-state index in [2.05, 4.69) is 16.0 Å². The molecule has 0 aromatic heterocycles. The molecule has 1 aliphatic heterocycles. The lowest BCUT2D eigenvalue weighted by Crippen LogP contribution is -2.59. The van der Waals surface area contributed by atoms with Crippen molar-refractivity contribution in [3.8, 4) is 0 Å². The predicted octanol–water partition coefficient (Wildman–Crippen LogP) is 2.42. The summed E-state index contributed by atoms with van der Waals surface area (Å²) < 4.78 is 25.6. The van der Waals surface area contributed by atoms with E-state index < -0.39 is 26.5 Å². The summed E-state index contributed by atoms with van der Waals surface area (Å²) in [5.74, 6) is -0.814. The zero-order valence-corrected chi connectivity index (χ0v) is 18.6. The topological polar surface area (TPSA) is 104 Å². The summed E-state index contributed by atoms with van der Waals surface area (Å²) in [6.07, 6.45) is 0.800. The second kappa shape index (κ2) is 9.82. The molecule has 2 aromatic carbocycles. The van der Waals surface area contributed by atoms with E-state index in [1.165, 1.54) is 12.1 Å². The molecule has 2 aromatic rings. The van der Waals surface area contributed by atoms with Gasteiger partial charge in [-0.25, -0.2) is 8.42 Å². The van der Waals surface area contributed by atoms with E-state index in [0.717, 1.165) is 23.7 Å². The average Bonchev–Trinajstić information content (AvgIpc) is 2.74. The Morgan fingerprint density at radius 3 is 2.53 bits per heavy atom. The standard InChI is InChI=1S/C20H22ClN3O4S2/c1-2-13-7-9-14(10-8-13)30(27,28)17-11-22-20(24-19(17)26)29-12-18(25)23-16-6-4-3-5-15(16)21/h3-10,17,20,22H,2,11-12H2,1H3,(H,23,25)(H,24,26). The first-order valence-electron chi connectivity index (χ1n) is 9.34. The Balaban J connectivity index is 1.55.